The number of carbonyl (C=O) groups is 4. The summed E-state index contributed by atoms with van der Waals surface area (Å²) >= 11 is 0. The third-order valence-electron chi connectivity index (χ3n) is 6.50. The molecule has 4 rings (SSSR count). The highest BCUT2D eigenvalue weighted by atomic mass is 16.5. The number of hydrogen-bond acceptors (Lipinski definition) is 8. The molecule has 0 aromatic heterocycles. The molecule has 5 N–H and O–H groups in total. The molecule has 2 aliphatic rings. The Morgan fingerprint density at radius 2 is 1.45 bits per heavy atom. The summed E-state index contributed by atoms with van der Waals surface area (Å²) in [6.45, 7) is 2.25. The number of carbonyl (C=O) groups excluding carboxylic acids is 4. The van der Waals surface area contributed by atoms with Crippen LogP contribution in [0.25, 0.3) is 0 Å². The zero-order valence-electron chi connectivity index (χ0n) is 21.0. The molecule has 2 aromatic carbocycles. The van der Waals surface area contributed by atoms with E-state index in [1.54, 1.807) is 36.4 Å². The summed E-state index contributed by atoms with van der Waals surface area (Å²) < 4.78 is 10.3. The maximum absolute atomic E-state index is 13.0. The van der Waals surface area contributed by atoms with E-state index in [1.165, 1.54) is 6.92 Å². The number of ketones is 1. The van der Waals surface area contributed by atoms with Crippen molar-refractivity contribution in [1.29, 1.82) is 0 Å². The van der Waals surface area contributed by atoms with E-state index in [9.17, 15) is 29.2 Å². The lowest BCUT2D eigenvalue weighted by molar-refractivity contribution is -0.121. The van der Waals surface area contributed by atoms with Crippen LogP contribution in [-0.4, -0.2) is 66.9 Å². The summed E-state index contributed by atoms with van der Waals surface area (Å²) in [7, 11) is -2.18. The van der Waals surface area contributed by atoms with Crippen LogP contribution in [0.15, 0.2) is 36.4 Å². The average molecular weight is 521 g/mol. The van der Waals surface area contributed by atoms with Gasteiger partial charge in [0.15, 0.2) is 0 Å². The van der Waals surface area contributed by atoms with Gasteiger partial charge in [-0.1, -0.05) is 12.1 Å². The molecule has 0 spiro atoms. The van der Waals surface area contributed by atoms with Gasteiger partial charge in [-0.25, -0.2) is 0 Å². The van der Waals surface area contributed by atoms with Crippen LogP contribution in [-0.2, 0) is 32.1 Å². The Balaban J connectivity index is 1.40. The summed E-state index contributed by atoms with van der Waals surface area (Å²) in [5.41, 5.74) is 3.29. The number of benzene rings is 2. The first-order valence-corrected chi connectivity index (χ1v) is 12.4. The summed E-state index contributed by atoms with van der Waals surface area (Å²) in [6, 6.07) is 9.22. The van der Waals surface area contributed by atoms with Crippen LogP contribution in [0.3, 0.4) is 0 Å². The van der Waals surface area contributed by atoms with Gasteiger partial charge in [-0.2, -0.15) is 0 Å². The maximum Gasteiger partial charge on any atom is 0.491 e. The van der Waals surface area contributed by atoms with E-state index in [-0.39, 0.29) is 57.3 Å². The fraction of sp³-hybridized carbons (Fsp3) is 0.360. The van der Waals surface area contributed by atoms with Crippen molar-refractivity contribution in [2.24, 2.45) is 0 Å². The van der Waals surface area contributed by atoms with Crippen molar-refractivity contribution in [1.82, 2.24) is 16.0 Å². The predicted octanol–water partition coefficient (Wildman–Crippen LogP) is -1.47. The molecule has 0 radical (unpaired) electrons. The Labute approximate surface area is 220 Å². The van der Waals surface area contributed by atoms with Gasteiger partial charge in [-0.15, -0.1) is 0 Å². The zero-order valence-corrected chi connectivity index (χ0v) is 21.0. The quantitative estimate of drug-likeness (QED) is 0.224. The lowest BCUT2D eigenvalue weighted by atomic mass is 9.78. The van der Waals surface area contributed by atoms with Crippen molar-refractivity contribution < 1.29 is 38.5 Å². The Bertz CT molecular complexity index is 1240. The molecule has 2 heterocycles. The highest BCUT2D eigenvalue weighted by Crippen LogP contribution is 2.13. The minimum atomic E-state index is -1.09. The number of fused-ring (bicyclic) bond motifs is 2. The Morgan fingerprint density at radius 1 is 0.868 bits per heavy atom. The predicted molar refractivity (Wildman–Crippen MR) is 139 cm³/mol. The van der Waals surface area contributed by atoms with E-state index >= 15 is 0 Å². The standard InChI is InChI=1S/C25H29B2N3O8/c1-15(31)8-9-28-23(32)7-6-20(30-25(34)17-3-5-19-14-38-27(36)22(19)11-17)12-29-24(33)16-2-4-18-13-37-26(35)21(18)10-16/h2-5,10-11,20,35-36H,6-9,12-14H2,1H3,(H,28,32)(H,29,33)(H,30,34)/t20-/m1/s1. The number of Topliss-reactive ketones (excluding diaryl/α,β-unsaturated/α-hetero) is 1. The van der Waals surface area contributed by atoms with E-state index in [1.807, 2.05) is 0 Å². The van der Waals surface area contributed by atoms with Crippen molar-refractivity contribution in [2.45, 2.75) is 45.4 Å². The topological polar surface area (TPSA) is 163 Å². The van der Waals surface area contributed by atoms with Gasteiger partial charge in [0.25, 0.3) is 11.8 Å². The smallest absolute Gasteiger partial charge is 0.423 e. The number of hydrogen-bond donors (Lipinski definition) is 5. The molecule has 0 unspecified atom stereocenters. The van der Waals surface area contributed by atoms with Gasteiger partial charge in [0.2, 0.25) is 5.91 Å². The molecule has 0 fully saturated rings. The van der Waals surface area contributed by atoms with Crippen LogP contribution in [0.1, 0.15) is 58.0 Å². The van der Waals surface area contributed by atoms with Crippen molar-refractivity contribution in [3.63, 3.8) is 0 Å². The second kappa shape index (κ2) is 12.4. The molecule has 11 nitrogen and oxygen atoms in total. The number of rotatable bonds is 11. The third-order valence-corrected chi connectivity index (χ3v) is 6.50. The molecule has 38 heavy (non-hydrogen) atoms. The second-order valence-corrected chi connectivity index (χ2v) is 9.37. The van der Waals surface area contributed by atoms with Gasteiger partial charge >= 0.3 is 14.2 Å². The highest BCUT2D eigenvalue weighted by molar-refractivity contribution is 6.62. The summed E-state index contributed by atoms with van der Waals surface area (Å²) in [5.74, 6) is -1.15. The van der Waals surface area contributed by atoms with Crippen LogP contribution in [0.5, 0.6) is 0 Å². The van der Waals surface area contributed by atoms with Gasteiger partial charge in [0.1, 0.15) is 5.78 Å². The first-order chi connectivity index (χ1) is 18.2. The van der Waals surface area contributed by atoms with Gasteiger partial charge in [-0.05, 0) is 59.7 Å². The van der Waals surface area contributed by atoms with Gasteiger partial charge < -0.3 is 35.3 Å². The first-order valence-electron chi connectivity index (χ1n) is 12.4. The lowest BCUT2D eigenvalue weighted by Gasteiger charge is -2.20. The third kappa shape index (κ3) is 6.87. The van der Waals surface area contributed by atoms with Gasteiger partial charge in [-0.3, -0.25) is 19.2 Å². The molecule has 198 valence electrons. The molecule has 3 amide bonds. The molecule has 0 bridgehead atoms. The van der Waals surface area contributed by atoms with Crippen molar-refractivity contribution in [3.8, 4) is 0 Å². The molecule has 1 atom stereocenters. The van der Waals surface area contributed by atoms with Crippen LogP contribution in [0.4, 0.5) is 0 Å². The number of amides is 3. The molecular weight excluding hydrogens is 492 g/mol. The fourth-order valence-electron chi connectivity index (χ4n) is 4.30. The highest BCUT2D eigenvalue weighted by Gasteiger charge is 2.29. The normalized spacial score (nSPS) is 14.5. The summed E-state index contributed by atoms with van der Waals surface area (Å²) in [4.78, 5) is 49.2. The Hall–Kier alpha value is -3.51. The van der Waals surface area contributed by atoms with Crippen molar-refractivity contribution in [3.05, 3.63) is 58.7 Å². The molecule has 13 heteroatoms. The van der Waals surface area contributed by atoms with Crippen molar-refractivity contribution >= 4 is 48.7 Å². The minimum Gasteiger partial charge on any atom is -0.423 e. The van der Waals surface area contributed by atoms with E-state index in [4.69, 9.17) is 9.31 Å². The Kier molecular flexibility index (Phi) is 8.95. The summed E-state index contributed by atoms with van der Waals surface area (Å²) in [5, 5.41) is 28.2. The van der Waals surface area contributed by atoms with Crippen LogP contribution >= 0.6 is 0 Å². The monoisotopic (exact) mass is 521 g/mol. The zero-order chi connectivity index (χ0) is 27.2. The van der Waals surface area contributed by atoms with Crippen LogP contribution in [0, 0.1) is 0 Å². The Morgan fingerprint density at radius 3 is 2.03 bits per heavy atom. The molecular formula is C25H29B2N3O8. The van der Waals surface area contributed by atoms with Crippen LogP contribution < -0.4 is 26.9 Å². The average Bonchev–Trinajstić information content (AvgIpc) is 3.46. The first kappa shape index (κ1) is 27.5. The van der Waals surface area contributed by atoms with Gasteiger partial charge in [0, 0.05) is 43.1 Å². The summed E-state index contributed by atoms with van der Waals surface area (Å²) in [6.07, 6.45) is 0.527. The largest absolute Gasteiger partial charge is 0.491 e. The number of nitrogens with one attached hydrogen (secondary N) is 3. The van der Waals surface area contributed by atoms with E-state index < -0.39 is 32.1 Å². The fourth-order valence-corrected chi connectivity index (χ4v) is 4.30. The van der Waals surface area contributed by atoms with Crippen molar-refractivity contribution in [2.75, 3.05) is 13.1 Å². The van der Waals surface area contributed by atoms with Gasteiger partial charge in [0.05, 0.1) is 13.2 Å². The molecule has 0 saturated carbocycles. The SMILES string of the molecule is CC(=O)CCNC(=O)CC[C@H](CNC(=O)c1ccc2c(c1)B(O)OC2)NC(=O)c1ccc2c(c1)B(O)OC2. The lowest BCUT2D eigenvalue weighted by Crippen LogP contribution is -2.45. The van der Waals surface area contributed by atoms with E-state index in [2.05, 4.69) is 16.0 Å². The molecule has 0 saturated heterocycles. The molecule has 0 aliphatic carbocycles. The molecule has 2 aromatic rings. The second-order valence-electron chi connectivity index (χ2n) is 9.37. The molecule has 2 aliphatic heterocycles. The van der Waals surface area contributed by atoms with E-state index in [0.29, 0.717) is 22.1 Å². The minimum absolute atomic E-state index is 0.0337. The maximum atomic E-state index is 13.0. The van der Waals surface area contributed by atoms with E-state index in [0.717, 1.165) is 11.1 Å². The van der Waals surface area contributed by atoms with Crippen LogP contribution in [0.2, 0.25) is 0 Å².